The summed E-state index contributed by atoms with van der Waals surface area (Å²) in [6, 6.07) is 10.1. The van der Waals surface area contributed by atoms with Gasteiger partial charge in [-0.3, -0.25) is 4.79 Å². The number of hydrogen-bond acceptors (Lipinski definition) is 4. The molecule has 2 aromatic carbocycles. The van der Waals surface area contributed by atoms with Crippen LogP contribution in [-0.4, -0.2) is 51.2 Å². The topological polar surface area (TPSA) is 103 Å². The van der Waals surface area contributed by atoms with E-state index in [2.05, 4.69) is 4.98 Å². The van der Waals surface area contributed by atoms with Gasteiger partial charge in [0.25, 0.3) is 5.91 Å². The molecule has 1 saturated carbocycles. The number of fused-ring (bicyclic) bond motifs is 1. The van der Waals surface area contributed by atoms with Crippen molar-refractivity contribution in [3.63, 3.8) is 0 Å². The van der Waals surface area contributed by atoms with Gasteiger partial charge in [-0.2, -0.15) is 0 Å². The Kier molecular flexibility index (Phi) is 5.60. The first-order chi connectivity index (χ1) is 16.3. The molecule has 1 aliphatic heterocycles. The molecule has 1 aliphatic carbocycles. The summed E-state index contributed by atoms with van der Waals surface area (Å²) in [6.45, 7) is 2.39. The fourth-order valence-electron chi connectivity index (χ4n) is 5.62. The molecule has 1 unspecified atom stereocenters. The van der Waals surface area contributed by atoms with Gasteiger partial charge in [-0.15, -0.1) is 0 Å². The number of ether oxygens (including phenoxy) is 1. The summed E-state index contributed by atoms with van der Waals surface area (Å²) in [6.07, 6.45) is 5.91. The molecule has 2 heterocycles. The van der Waals surface area contributed by atoms with Crippen LogP contribution in [0.25, 0.3) is 10.9 Å². The number of amides is 1. The van der Waals surface area contributed by atoms with Crippen LogP contribution in [-0.2, 0) is 0 Å². The number of aromatic carboxylic acids is 1. The molecular weight excluding hydrogens is 432 g/mol. The van der Waals surface area contributed by atoms with Crippen molar-refractivity contribution in [2.45, 2.75) is 50.7 Å². The minimum atomic E-state index is -0.992. The summed E-state index contributed by atoms with van der Waals surface area (Å²) in [5, 5.41) is 21.7. The molecule has 1 aromatic heterocycles. The van der Waals surface area contributed by atoms with Crippen LogP contribution in [0.3, 0.4) is 0 Å². The zero-order chi connectivity index (χ0) is 24.0. The largest absolute Gasteiger partial charge is 0.496 e. The number of piperidine rings is 1. The van der Waals surface area contributed by atoms with Crippen LogP contribution in [0.2, 0.25) is 0 Å². The van der Waals surface area contributed by atoms with Crippen LogP contribution in [0, 0.1) is 12.8 Å². The Labute approximate surface area is 198 Å². The van der Waals surface area contributed by atoms with E-state index in [0.29, 0.717) is 30.7 Å². The molecule has 0 spiro atoms. The summed E-state index contributed by atoms with van der Waals surface area (Å²) < 4.78 is 5.63. The smallest absolute Gasteiger partial charge is 0.335 e. The number of nitrogens with one attached hydrogen (secondary N) is 1. The monoisotopic (exact) mass is 462 g/mol. The molecule has 7 heteroatoms. The van der Waals surface area contributed by atoms with Gasteiger partial charge in [0.15, 0.2) is 0 Å². The van der Waals surface area contributed by atoms with Crippen molar-refractivity contribution in [3.05, 3.63) is 64.8 Å². The lowest BCUT2D eigenvalue weighted by Gasteiger charge is -2.50. The number of methoxy groups -OCH3 is 1. The highest BCUT2D eigenvalue weighted by Crippen LogP contribution is 2.48. The predicted molar refractivity (Wildman–Crippen MR) is 128 cm³/mol. The SMILES string of the molecule is COc1cc(C)c2[nH]ccc2c1C(=O)N1CCC(O)(C2CCC2)C[C@H]1c1ccc(C(=O)O)cc1. The minimum Gasteiger partial charge on any atom is -0.496 e. The van der Waals surface area contributed by atoms with Crippen molar-refractivity contribution in [1.82, 2.24) is 9.88 Å². The fourth-order valence-corrected chi connectivity index (χ4v) is 5.62. The van der Waals surface area contributed by atoms with Crippen molar-refractivity contribution in [2.24, 2.45) is 5.92 Å². The number of aryl methyl sites for hydroxylation is 1. The van der Waals surface area contributed by atoms with Crippen LogP contribution < -0.4 is 4.74 Å². The van der Waals surface area contributed by atoms with Crippen molar-refractivity contribution in [2.75, 3.05) is 13.7 Å². The second kappa shape index (κ2) is 8.47. The van der Waals surface area contributed by atoms with E-state index in [0.717, 1.165) is 41.3 Å². The third-order valence-electron chi connectivity index (χ3n) is 7.82. The number of carbonyl (C=O) groups excluding carboxylic acids is 1. The standard InChI is InChI=1S/C27H30N2O5/c1-16-14-22(34-2)23(20-10-12-28-24(16)20)25(30)29-13-11-27(33,19-4-3-5-19)15-21(29)17-6-8-18(9-7-17)26(31)32/h6-10,12,14,19,21,28,33H,3-5,11,13,15H2,1-2H3,(H,31,32)/t21-,27?/m0/s1. The first-order valence-electron chi connectivity index (χ1n) is 11.8. The Morgan fingerprint density at radius 2 is 1.91 bits per heavy atom. The maximum absolute atomic E-state index is 14.1. The summed E-state index contributed by atoms with van der Waals surface area (Å²) in [5.74, 6) is -0.372. The molecule has 34 heavy (non-hydrogen) atoms. The van der Waals surface area contributed by atoms with E-state index in [-0.39, 0.29) is 23.4 Å². The lowest BCUT2D eigenvalue weighted by atomic mass is 9.66. The first-order valence-corrected chi connectivity index (χ1v) is 11.8. The molecule has 1 amide bonds. The number of carbonyl (C=O) groups is 2. The normalized spacial score (nSPS) is 23.0. The number of H-pyrrole nitrogens is 1. The summed E-state index contributed by atoms with van der Waals surface area (Å²) in [4.78, 5) is 30.5. The van der Waals surface area contributed by atoms with Crippen molar-refractivity contribution in [1.29, 1.82) is 0 Å². The van der Waals surface area contributed by atoms with Crippen molar-refractivity contribution < 1.29 is 24.5 Å². The zero-order valence-corrected chi connectivity index (χ0v) is 19.5. The number of aromatic nitrogens is 1. The Hall–Kier alpha value is -3.32. The highest BCUT2D eigenvalue weighted by molar-refractivity contribution is 6.09. The van der Waals surface area contributed by atoms with E-state index in [9.17, 15) is 19.8 Å². The third kappa shape index (κ3) is 3.64. The van der Waals surface area contributed by atoms with Crippen LogP contribution in [0.4, 0.5) is 0 Å². The maximum atomic E-state index is 14.1. The lowest BCUT2D eigenvalue weighted by molar-refractivity contribution is -0.102. The Bertz CT molecular complexity index is 1240. The van der Waals surface area contributed by atoms with E-state index in [1.54, 1.807) is 31.4 Å². The quantitative estimate of drug-likeness (QED) is 0.510. The molecule has 3 N–H and O–H groups in total. The number of nitrogens with zero attached hydrogens (tertiary/aromatic N) is 1. The molecule has 2 fully saturated rings. The third-order valence-corrected chi connectivity index (χ3v) is 7.82. The lowest BCUT2D eigenvalue weighted by Crippen LogP contribution is -2.53. The van der Waals surface area contributed by atoms with E-state index < -0.39 is 11.6 Å². The zero-order valence-electron chi connectivity index (χ0n) is 19.5. The fraction of sp³-hybridized carbons (Fsp3) is 0.407. The van der Waals surface area contributed by atoms with Gasteiger partial charge >= 0.3 is 5.97 Å². The van der Waals surface area contributed by atoms with Gasteiger partial charge in [-0.25, -0.2) is 4.79 Å². The molecule has 5 rings (SSSR count). The molecule has 3 aromatic rings. The van der Waals surface area contributed by atoms with Crippen LogP contribution in [0.15, 0.2) is 42.6 Å². The molecule has 0 radical (unpaired) electrons. The second-order valence-electron chi connectivity index (χ2n) is 9.66. The van der Waals surface area contributed by atoms with E-state index in [1.165, 1.54) is 0 Å². The van der Waals surface area contributed by atoms with Crippen LogP contribution in [0.1, 0.15) is 70.0 Å². The minimum absolute atomic E-state index is 0.149. The number of aliphatic hydroxyl groups is 1. The van der Waals surface area contributed by atoms with Crippen molar-refractivity contribution >= 4 is 22.8 Å². The van der Waals surface area contributed by atoms with Crippen LogP contribution in [0.5, 0.6) is 5.75 Å². The molecule has 178 valence electrons. The van der Waals surface area contributed by atoms with Gasteiger partial charge in [-0.05, 0) is 67.5 Å². The van der Waals surface area contributed by atoms with E-state index in [1.807, 2.05) is 30.2 Å². The molecule has 0 bridgehead atoms. The van der Waals surface area contributed by atoms with Crippen molar-refractivity contribution in [3.8, 4) is 5.75 Å². The maximum Gasteiger partial charge on any atom is 0.335 e. The number of hydrogen-bond donors (Lipinski definition) is 3. The Balaban J connectivity index is 1.57. The number of benzene rings is 2. The van der Waals surface area contributed by atoms with Gasteiger partial charge in [0.05, 0.1) is 29.9 Å². The first kappa shape index (κ1) is 22.5. The van der Waals surface area contributed by atoms with Gasteiger partial charge in [0, 0.05) is 30.1 Å². The summed E-state index contributed by atoms with van der Waals surface area (Å²) >= 11 is 0. The molecule has 2 aliphatic rings. The average Bonchev–Trinajstić information content (AvgIpc) is 3.27. The number of aromatic amines is 1. The number of rotatable bonds is 5. The number of likely N-dealkylation sites (tertiary alicyclic amines) is 1. The highest BCUT2D eigenvalue weighted by Gasteiger charge is 2.47. The van der Waals surface area contributed by atoms with E-state index in [4.69, 9.17) is 4.74 Å². The Morgan fingerprint density at radius 1 is 1.18 bits per heavy atom. The molecule has 7 nitrogen and oxygen atoms in total. The van der Waals surface area contributed by atoms with E-state index >= 15 is 0 Å². The van der Waals surface area contributed by atoms with Crippen LogP contribution >= 0.6 is 0 Å². The number of carboxylic acid groups (broad SMARTS) is 1. The van der Waals surface area contributed by atoms with Gasteiger partial charge in [0.1, 0.15) is 5.75 Å². The van der Waals surface area contributed by atoms with Gasteiger partial charge in [-0.1, -0.05) is 18.6 Å². The predicted octanol–water partition coefficient (Wildman–Crippen LogP) is 4.69. The highest BCUT2D eigenvalue weighted by atomic mass is 16.5. The summed E-state index contributed by atoms with van der Waals surface area (Å²) in [7, 11) is 1.57. The average molecular weight is 463 g/mol. The molecule has 1 saturated heterocycles. The molecule has 2 atom stereocenters. The second-order valence-corrected chi connectivity index (χ2v) is 9.66. The molecular formula is C27H30N2O5. The van der Waals surface area contributed by atoms with Gasteiger partial charge < -0.3 is 24.8 Å². The number of carboxylic acids is 1. The van der Waals surface area contributed by atoms with Gasteiger partial charge in [0.2, 0.25) is 0 Å². The Morgan fingerprint density at radius 3 is 2.53 bits per heavy atom. The summed E-state index contributed by atoms with van der Waals surface area (Å²) in [5.41, 5.74) is 2.59.